The largest absolute Gasteiger partial charge is 0.395 e. The van der Waals surface area contributed by atoms with Gasteiger partial charge in [0.05, 0.1) is 5.41 Å². The van der Waals surface area contributed by atoms with Gasteiger partial charge in [-0.1, -0.05) is 0 Å². The summed E-state index contributed by atoms with van der Waals surface area (Å²) >= 11 is 0. The molecule has 1 saturated heterocycles. The topological polar surface area (TPSA) is 3.24 Å². The zero-order chi connectivity index (χ0) is 10.5. The fourth-order valence-corrected chi connectivity index (χ4v) is 3.83. The Kier molecular flexibility index (Phi) is 1.23. The number of hydrogen-bond acceptors (Lipinski definition) is 1. The molecule has 15 heavy (non-hydrogen) atoms. The van der Waals surface area contributed by atoms with E-state index in [0.29, 0.717) is 12.8 Å². The summed E-state index contributed by atoms with van der Waals surface area (Å²) in [4.78, 5) is 2.28. The van der Waals surface area contributed by atoms with Gasteiger partial charge in [0.2, 0.25) is 0 Å². The molecular formula is C11H14F3N. The number of rotatable bonds is 2. The number of nitrogens with zero attached hydrogens (tertiary/aromatic N) is 1. The lowest BCUT2D eigenvalue weighted by molar-refractivity contribution is -0.168. The molecule has 0 spiro atoms. The van der Waals surface area contributed by atoms with Crippen LogP contribution in [0.1, 0.15) is 19.3 Å². The van der Waals surface area contributed by atoms with Crippen molar-refractivity contribution in [3.63, 3.8) is 0 Å². The van der Waals surface area contributed by atoms with Crippen molar-refractivity contribution in [2.75, 3.05) is 19.6 Å². The molecule has 4 heteroatoms. The van der Waals surface area contributed by atoms with E-state index in [-0.39, 0.29) is 5.41 Å². The summed E-state index contributed by atoms with van der Waals surface area (Å²) in [7, 11) is 0. The monoisotopic (exact) mass is 217 g/mol. The molecule has 1 aliphatic heterocycles. The first-order valence-electron chi connectivity index (χ1n) is 5.75. The van der Waals surface area contributed by atoms with E-state index in [1.54, 1.807) is 0 Å². The SMILES string of the molecule is FC(F)(F)C12CC1(CN1CC3CC3C1)C2. The van der Waals surface area contributed by atoms with Crippen LogP contribution in [0, 0.1) is 22.7 Å². The lowest BCUT2D eigenvalue weighted by atomic mass is 10.2. The number of halogens is 3. The van der Waals surface area contributed by atoms with Crippen LogP contribution in [0.3, 0.4) is 0 Å². The minimum absolute atomic E-state index is 0.331. The first-order valence-corrected chi connectivity index (χ1v) is 5.75. The highest BCUT2D eigenvalue weighted by Crippen LogP contribution is 2.91. The minimum atomic E-state index is -3.93. The Hall–Kier alpha value is -0.250. The van der Waals surface area contributed by atoms with E-state index >= 15 is 0 Å². The van der Waals surface area contributed by atoms with Gasteiger partial charge in [-0.05, 0) is 36.5 Å². The third-order valence-electron chi connectivity index (χ3n) is 5.17. The van der Waals surface area contributed by atoms with Crippen molar-refractivity contribution in [1.82, 2.24) is 4.90 Å². The van der Waals surface area contributed by atoms with Crippen molar-refractivity contribution in [3.8, 4) is 0 Å². The van der Waals surface area contributed by atoms with E-state index in [1.165, 1.54) is 6.42 Å². The number of hydrogen-bond donors (Lipinski definition) is 0. The van der Waals surface area contributed by atoms with Crippen LogP contribution in [-0.4, -0.2) is 30.7 Å². The van der Waals surface area contributed by atoms with Crippen molar-refractivity contribution >= 4 is 0 Å². The zero-order valence-electron chi connectivity index (χ0n) is 8.48. The van der Waals surface area contributed by atoms with E-state index in [9.17, 15) is 13.2 Å². The summed E-state index contributed by atoms with van der Waals surface area (Å²) in [6.07, 6.45) is -1.78. The minimum Gasteiger partial charge on any atom is -0.302 e. The molecule has 2 unspecified atom stereocenters. The molecule has 0 N–H and O–H groups in total. The van der Waals surface area contributed by atoms with Gasteiger partial charge in [-0.25, -0.2) is 0 Å². The molecule has 0 aromatic heterocycles. The lowest BCUT2D eigenvalue weighted by Gasteiger charge is -2.18. The average Bonchev–Trinajstić information content (AvgIpc) is 2.93. The maximum absolute atomic E-state index is 12.7. The molecule has 3 aliphatic carbocycles. The van der Waals surface area contributed by atoms with Crippen LogP contribution in [0.4, 0.5) is 13.2 Å². The van der Waals surface area contributed by atoms with Gasteiger partial charge in [0, 0.05) is 19.6 Å². The van der Waals surface area contributed by atoms with Crippen LogP contribution in [0.5, 0.6) is 0 Å². The van der Waals surface area contributed by atoms with Gasteiger partial charge in [0.15, 0.2) is 0 Å². The maximum Gasteiger partial charge on any atom is 0.395 e. The predicted octanol–water partition coefficient (Wildman–Crippen LogP) is 2.28. The Bertz CT molecular complexity index is 319. The molecule has 0 aromatic carbocycles. The fourth-order valence-electron chi connectivity index (χ4n) is 3.83. The molecule has 4 rings (SSSR count). The van der Waals surface area contributed by atoms with Gasteiger partial charge < -0.3 is 4.90 Å². The summed E-state index contributed by atoms with van der Waals surface area (Å²) in [5, 5.41) is 0. The van der Waals surface area contributed by atoms with Crippen molar-refractivity contribution in [3.05, 3.63) is 0 Å². The van der Waals surface area contributed by atoms with Gasteiger partial charge >= 0.3 is 6.18 Å². The van der Waals surface area contributed by atoms with E-state index in [4.69, 9.17) is 0 Å². The molecule has 4 aliphatic rings. The van der Waals surface area contributed by atoms with Gasteiger partial charge in [-0.2, -0.15) is 13.2 Å². The molecule has 0 bridgehead atoms. The fraction of sp³-hybridized carbons (Fsp3) is 1.00. The van der Waals surface area contributed by atoms with Crippen LogP contribution < -0.4 is 0 Å². The van der Waals surface area contributed by atoms with Crippen molar-refractivity contribution in [1.29, 1.82) is 0 Å². The molecule has 2 atom stereocenters. The molecule has 0 radical (unpaired) electrons. The summed E-state index contributed by atoms with van der Waals surface area (Å²) < 4.78 is 38.0. The predicted molar refractivity (Wildman–Crippen MR) is 48.2 cm³/mol. The second-order valence-corrected chi connectivity index (χ2v) is 6.16. The van der Waals surface area contributed by atoms with Crippen LogP contribution in [0.2, 0.25) is 0 Å². The molecule has 4 fully saturated rings. The van der Waals surface area contributed by atoms with E-state index < -0.39 is 11.6 Å². The second kappa shape index (κ2) is 2.08. The van der Waals surface area contributed by atoms with E-state index in [2.05, 4.69) is 4.90 Å². The summed E-state index contributed by atoms with van der Waals surface area (Å²) in [6, 6.07) is 0. The summed E-state index contributed by atoms with van der Waals surface area (Å²) in [5.74, 6) is 1.67. The van der Waals surface area contributed by atoms with Gasteiger partial charge in [-0.3, -0.25) is 0 Å². The number of likely N-dealkylation sites (tertiary alicyclic amines) is 1. The molecule has 1 nitrogen and oxygen atoms in total. The maximum atomic E-state index is 12.7. The Morgan fingerprint density at radius 3 is 2.20 bits per heavy atom. The Labute approximate surface area is 86.6 Å². The normalized spacial score (nSPS) is 56.2. The van der Waals surface area contributed by atoms with Crippen LogP contribution in [0.25, 0.3) is 0 Å². The molecule has 0 aromatic rings. The highest BCUT2D eigenvalue weighted by atomic mass is 19.4. The Balaban J connectivity index is 1.42. The van der Waals surface area contributed by atoms with Gasteiger partial charge in [0.1, 0.15) is 0 Å². The molecule has 3 saturated carbocycles. The lowest BCUT2D eigenvalue weighted by Crippen LogP contribution is -2.27. The average molecular weight is 217 g/mol. The van der Waals surface area contributed by atoms with E-state index in [1.807, 2.05) is 0 Å². The van der Waals surface area contributed by atoms with Crippen molar-refractivity contribution < 1.29 is 13.2 Å². The first kappa shape index (κ1) is 8.85. The Morgan fingerprint density at radius 2 is 1.73 bits per heavy atom. The van der Waals surface area contributed by atoms with Gasteiger partial charge in [0.25, 0.3) is 0 Å². The standard InChI is InChI=1S/C11H14F3N/c12-11(13,14)10-4-9(10,5-10)6-15-2-7-1-8(7)3-15/h7-8H,1-6H2. The molecule has 0 amide bonds. The first-order chi connectivity index (χ1) is 6.96. The molecule has 84 valence electrons. The third-order valence-corrected chi connectivity index (χ3v) is 5.17. The van der Waals surface area contributed by atoms with Crippen LogP contribution >= 0.6 is 0 Å². The quantitative estimate of drug-likeness (QED) is 0.686. The van der Waals surface area contributed by atoms with Crippen molar-refractivity contribution in [2.24, 2.45) is 22.7 Å². The third kappa shape index (κ3) is 0.948. The second-order valence-electron chi connectivity index (χ2n) is 6.16. The zero-order valence-corrected chi connectivity index (χ0v) is 8.48. The van der Waals surface area contributed by atoms with Crippen LogP contribution in [-0.2, 0) is 0 Å². The molecule has 1 heterocycles. The van der Waals surface area contributed by atoms with Crippen LogP contribution in [0.15, 0.2) is 0 Å². The number of alkyl halides is 3. The van der Waals surface area contributed by atoms with Crippen molar-refractivity contribution in [2.45, 2.75) is 25.4 Å². The Morgan fingerprint density at radius 1 is 1.13 bits per heavy atom. The van der Waals surface area contributed by atoms with E-state index in [0.717, 1.165) is 31.5 Å². The smallest absolute Gasteiger partial charge is 0.302 e. The highest BCUT2D eigenvalue weighted by Gasteiger charge is 2.93. The summed E-state index contributed by atoms with van der Waals surface area (Å²) in [5.41, 5.74) is -1.56. The highest BCUT2D eigenvalue weighted by molar-refractivity contribution is 5.34. The summed E-state index contributed by atoms with van der Waals surface area (Å²) in [6.45, 7) is 2.86. The van der Waals surface area contributed by atoms with Gasteiger partial charge in [-0.15, -0.1) is 0 Å². The number of piperidine rings is 1. The molecular weight excluding hydrogens is 203 g/mol. The number of fused-ring (bicyclic) bond motifs is 2.